The molecule has 1 atom stereocenters. The van der Waals surface area contributed by atoms with Gasteiger partial charge < -0.3 is 25.2 Å². The Morgan fingerprint density at radius 2 is 1.69 bits per heavy atom. The second-order valence-electron chi connectivity index (χ2n) is 9.90. The molecule has 2 amide bonds. The zero-order chi connectivity index (χ0) is 24.2. The molecule has 0 radical (unpaired) electrons. The summed E-state index contributed by atoms with van der Waals surface area (Å²) in [4.78, 5) is 34.3. The molecule has 2 saturated heterocycles. The number of halogens is 1. The number of aromatic nitrogens is 1. The number of amides is 2. The molecule has 0 aliphatic carbocycles. The fourth-order valence-corrected chi connectivity index (χ4v) is 5.32. The molecule has 0 spiro atoms. The molecule has 192 valence electrons. The quantitative estimate of drug-likeness (QED) is 0.471. The largest absolute Gasteiger partial charge is 0.393 e. The summed E-state index contributed by atoms with van der Waals surface area (Å²) < 4.78 is 0. The highest BCUT2D eigenvalue weighted by atomic mass is 35.5. The van der Waals surface area contributed by atoms with Crippen LogP contribution in [0.2, 0.25) is 0 Å². The number of likely N-dealkylation sites (tertiary alicyclic amines) is 2. The molecule has 3 aromatic rings. The van der Waals surface area contributed by atoms with Crippen LogP contribution in [0.15, 0.2) is 60.8 Å². The Bertz CT molecular complexity index is 1150. The smallest absolute Gasteiger partial charge is 0.252 e. The van der Waals surface area contributed by atoms with Gasteiger partial charge in [0.1, 0.15) is 6.04 Å². The van der Waals surface area contributed by atoms with E-state index in [1.165, 1.54) is 0 Å². The third kappa shape index (κ3) is 6.09. The van der Waals surface area contributed by atoms with Crippen LogP contribution in [0.1, 0.15) is 47.6 Å². The van der Waals surface area contributed by atoms with Gasteiger partial charge in [0.25, 0.3) is 5.91 Å². The summed E-state index contributed by atoms with van der Waals surface area (Å²) in [6.45, 7) is 4.35. The molecule has 2 aliphatic rings. The Kier molecular flexibility index (Phi) is 8.67. The number of aliphatic hydroxyl groups excluding tert-OH is 1. The minimum Gasteiger partial charge on any atom is -0.393 e. The zero-order valence-corrected chi connectivity index (χ0v) is 21.3. The zero-order valence-electron chi connectivity index (χ0n) is 20.4. The van der Waals surface area contributed by atoms with Crippen molar-refractivity contribution in [1.82, 2.24) is 20.1 Å². The van der Waals surface area contributed by atoms with Gasteiger partial charge >= 0.3 is 0 Å². The van der Waals surface area contributed by atoms with Crippen molar-refractivity contribution in [2.45, 2.75) is 37.8 Å². The standard InChI is InChI=1S/C28H34N4O3.ClH/c33-24-11-14-31(15-12-24)19-20-9-16-32(17-10-20)28(35)26(22-4-2-1-3-5-22)30-27(34)23-7-6-21-8-13-29-25(21)18-23;/h1-8,13,18,20,24,26,29,33H,9-12,14-17,19H2,(H,30,34);1H/t26-;/m1./s1. The third-order valence-corrected chi connectivity index (χ3v) is 7.47. The molecule has 2 fully saturated rings. The lowest BCUT2D eigenvalue weighted by Gasteiger charge is -2.38. The fourth-order valence-electron chi connectivity index (χ4n) is 5.32. The summed E-state index contributed by atoms with van der Waals surface area (Å²) >= 11 is 0. The molecule has 3 heterocycles. The number of benzene rings is 2. The van der Waals surface area contributed by atoms with E-state index in [0.717, 1.165) is 61.8 Å². The number of piperidine rings is 2. The van der Waals surface area contributed by atoms with Crippen molar-refractivity contribution in [3.8, 4) is 0 Å². The number of rotatable bonds is 6. The first kappa shape index (κ1) is 26.2. The summed E-state index contributed by atoms with van der Waals surface area (Å²) in [5.41, 5.74) is 2.21. The van der Waals surface area contributed by atoms with Crippen LogP contribution in [-0.4, -0.2) is 70.5 Å². The maximum atomic E-state index is 13.6. The summed E-state index contributed by atoms with van der Waals surface area (Å²) in [5, 5.41) is 13.8. The highest BCUT2D eigenvalue weighted by molar-refractivity contribution is 6.00. The van der Waals surface area contributed by atoms with Gasteiger partial charge in [-0.2, -0.15) is 0 Å². The predicted molar refractivity (Wildman–Crippen MR) is 143 cm³/mol. The molecule has 0 bridgehead atoms. The first-order valence-corrected chi connectivity index (χ1v) is 12.7. The van der Waals surface area contributed by atoms with Crippen molar-refractivity contribution in [2.24, 2.45) is 5.92 Å². The predicted octanol–water partition coefficient (Wildman–Crippen LogP) is 3.76. The number of nitrogens with one attached hydrogen (secondary N) is 2. The molecule has 3 N–H and O–H groups in total. The summed E-state index contributed by atoms with van der Waals surface area (Å²) in [5.74, 6) is 0.252. The molecule has 5 rings (SSSR count). The number of hydrogen-bond acceptors (Lipinski definition) is 4. The Balaban J connectivity index is 0.00000304. The van der Waals surface area contributed by atoms with Gasteiger partial charge in [-0.15, -0.1) is 12.4 Å². The van der Waals surface area contributed by atoms with E-state index in [4.69, 9.17) is 0 Å². The number of hydrogen-bond donors (Lipinski definition) is 3. The molecule has 2 aromatic carbocycles. The average molecular weight is 511 g/mol. The topological polar surface area (TPSA) is 88.7 Å². The van der Waals surface area contributed by atoms with Crippen LogP contribution in [0.3, 0.4) is 0 Å². The van der Waals surface area contributed by atoms with Crippen molar-refractivity contribution in [2.75, 3.05) is 32.7 Å². The number of carbonyl (C=O) groups excluding carboxylic acids is 2. The minimum absolute atomic E-state index is 0. The van der Waals surface area contributed by atoms with Gasteiger partial charge in [-0.1, -0.05) is 36.4 Å². The third-order valence-electron chi connectivity index (χ3n) is 7.47. The van der Waals surface area contributed by atoms with Crippen molar-refractivity contribution < 1.29 is 14.7 Å². The molecule has 1 aromatic heterocycles. The van der Waals surface area contributed by atoms with E-state index in [-0.39, 0.29) is 30.3 Å². The Labute approximate surface area is 218 Å². The van der Waals surface area contributed by atoms with Crippen molar-refractivity contribution in [1.29, 1.82) is 0 Å². The van der Waals surface area contributed by atoms with Gasteiger partial charge in [0.2, 0.25) is 5.91 Å². The lowest BCUT2D eigenvalue weighted by Crippen LogP contribution is -2.47. The SMILES string of the molecule is Cl.O=C(N[C@@H](C(=O)N1CCC(CN2CCC(O)CC2)CC1)c1ccccc1)c1ccc2cc[nH]c2c1. The first-order valence-electron chi connectivity index (χ1n) is 12.7. The number of carbonyl (C=O) groups is 2. The van der Waals surface area contributed by atoms with Crippen molar-refractivity contribution >= 4 is 35.1 Å². The van der Waals surface area contributed by atoms with Crippen molar-refractivity contribution in [3.63, 3.8) is 0 Å². The van der Waals surface area contributed by atoms with Gasteiger partial charge in [0.15, 0.2) is 0 Å². The lowest BCUT2D eigenvalue weighted by atomic mass is 9.94. The number of nitrogens with zero attached hydrogens (tertiary/aromatic N) is 2. The van der Waals surface area contributed by atoms with E-state index >= 15 is 0 Å². The lowest BCUT2D eigenvalue weighted by molar-refractivity contribution is -0.135. The van der Waals surface area contributed by atoms with Gasteiger partial charge in [0.05, 0.1) is 6.10 Å². The normalized spacial score (nSPS) is 18.5. The minimum atomic E-state index is -0.719. The van der Waals surface area contributed by atoms with E-state index in [0.29, 0.717) is 24.6 Å². The monoisotopic (exact) mass is 510 g/mol. The summed E-state index contributed by atoms with van der Waals surface area (Å²) in [6, 6.07) is 16.3. The second-order valence-corrected chi connectivity index (χ2v) is 9.90. The summed E-state index contributed by atoms with van der Waals surface area (Å²) in [7, 11) is 0. The highest BCUT2D eigenvalue weighted by Crippen LogP contribution is 2.25. The maximum Gasteiger partial charge on any atom is 0.252 e. The van der Waals surface area contributed by atoms with Crippen LogP contribution in [0, 0.1) is 5.92 Å². The Hall–Kier alpha value is -2.87. The van der Waals surface area contributed by atoms with Crippen LogP contribution in [0.25, 0.3) is 10.9 Å². The van der Waals surface area contributed by atoms with Gasteiger partial charge in [0, 0.05) is 50.0 Å². The van der Waals surface area contributed by atoms with Crippen LogP contribution < -0.4 is 5.32 Å². The number of aromatic amines is 1. The average Bonchev–Trinajstić information content (AvgIpc) is 3.37. The van der Waals surface area contributed by atoms with E-state index in [9.17, 15) is 14.7 Å². The van der Waals surface area contributed by atoms with E-state index in [1.807, 2.05) is 59.6 Å². The number of fused-ring (bicyclic) bond motifs is 1. The molecule has 36 heavy (non-hydrogen) atoms. The van der Waals surface area contributed by atoms with Crippen LogP contribution in [0.4, 0.5) is 0 Å². The second kappa shape index (κ2) is 11.9. The van der Waals surface area contributed by atoms with Gasteiger partial charge in [-0.05, 0) is 60.7 Å². The van der Waals surface area contributed by atoms with Crippen molar-refractivity contribution in [3.05, 3.63) is 71.9 Å². The molecule has 0 unspecified atom stereocenters. The maximum absolute atomic E-state index is 13.6. The molecule has 7 nitrogen and oxygen atoms in total. The molecular formula is C28H35ClN4O3. The number of aliphatic hydroxyl groups is 1. The van der Waals surface area contributed by atoms with Crippen LogP contribution >= 0.6 is 12.4 Å². The molecular weight excluding hydrogens is 476 g/mol. The Morgan fingerprint density at radius 3 is 2.42 bits per heavy atom. The van der Waals surface area contributed by atoms with Crippen LogP contribution in [0.5, 0.6) is 0 Å². The number of H-pyrrole nitrogens is 1. The first-order chi connectivity index (χ1) is 17.1. The van der Waals surface area contributed by atoms with Gasteiger partial charge in [-0.3, -0.25) is 9.59 Å². The Morgan fingerprint density at radius 1 is 0.972 bits per heavy atom. The van der Waals surface area contributed by atoms with Crippen LogP contribution in [-0.2, 0) is 4.79 Å². The van der Waals surface area contributed by atoms with E-state index in [2.05, 4.69) is 15.2 Å². The van der Waals surface area contributed by atoms with E-state index in [1.54, 1.807) is 6.07 Å². The highest BCUT2D eigenvalue weighted by Gasteiger charge is 2.31. The molecule has 2 aliphatic heterocycles. The summed E-state index contributed by atoms with van der Waals surface area (Å²) in [6.07, 6.45) is 5.33. The van der Waals surface area contributed by atoms with Gasteiger partial charge in [-0.25, -0.2) is 0 Å². The fraction of sp³-hybridized carbons (Fsp3) is 0.429. The molecule has 8 heteroatoms. The van der Waals surface area contributed by atoms with E-state index < -0.39 is 6.04 Å². The molecule has 0 saturated carbocycles.